The van der Waals surface area contributed by atoms with E-state index in [1.807, 2.05) is 0 Å². The lowest BCUT2D eigenvalue weighted by Gasteiger charge is -2.30. The molecule has 2 rings (SSSR count). The lowest BCUT2D eigenvalue weighted by Crippen LogP contribution is -2.35. The zero-order valence-corrected chi connectivity index (χ0v) is 10.9. The van der Waals surface area contributed by atoms with Gasteiger partial charge in [-0.15, -0.1) is 0 Å². The van der Waals surface area contributed by atoms with E-state index in [-0.39, 0.29) is 5.92 Å². The van der Waals surface area contributed by atoms with Gasteiger partial charge >= 0.3 is 0 Å². The summed E-state index contributed by atoms with van der Waals surface area (Å²) in [4.78, 5) is 0. The molecule has 4 nitrogen and oxygen atoms in total. The molecule has 0 amide bonds. The maximum absolute atomic E-state index is 13.1. The Kier molecular flexibility index (Phi) is 3.59. The molecule has 0 fully saturated rings. The standard InChI is InChI=1S/C12H16FNO3S/c1-2-12(18(14,15)16)10-5-6-17-11-7-8(13)3-4-9(10)11/h3-4,7,10,12H,2,5-6H2,1H3,(H2,14,15,16)/t10-,12-/m1/s1. The molecular weight excluding hydrogens is 257 g/mol. The first kappa shape index (κ1) is 13.3. The summed E-state index contributed by atoms with van der Waals surface area (Å²) < 4.78 is 41.7. The number of ether oxygens (including phenoxy) is 1. The van der Waals surface area contributed by atoms with E-state index in [1.165, 1.54) is 12.1 Å². The molecule has 100 valence electrons. The highest BCUT2D eigenvalue weighted by molar-refractivity contribution is 7.89. The van der Waals surface area contributed by atoms with E-state index in [2.05, 4.69) is 0 Å². The Morgan fingerprint density at radius 3 is 2.89 bits per heavy atom. The minimum Gasteiger partial charge on any atom is -0.493 e. The van der Waals surface area contributed by atoms with Gasteiger partial charge in [0.15, 0.2) is 0 Å². The summed E-state index contributed by atoms with van der Waals surface area (Å²) in [6.45, 7) is 2.17. The maximum Gasteiger partial charge on any atom is 0.212 e. The number of fused-ring (bicyclic) bond motifs is 1. The van der Waals surface area contributed by atoms with Gasteiger partial charge in [0.25, 0.3) is 0 Å². The molecule has 0 radical (unpaired) electrons. The lowest BCUT2D eigenvalue weighted by molar-refractivity contribution is 0.261. The number of sulfonamides is 1. The fourth-order valence-corrected chi connectivity index (χ4v) is 3.73. The first-order valence-corrected chi connectivity index (χ1v) is 7.48. The number of rotatable bonds is 3. The Hall–Kier alpha value is -1.14. The van der Waals surface area contributed by atoms with Crippen molar-refractivity contribution in [2.24, 2.45) is 5.14 Å². The van der Waals surface area contributed by atoms with Gasteiger partial charge in [0, 0.05) is 12.0 Å². The summed E-state index contributed by atoms with van der Waals surface area (Å²) in [5.74, 6) is -0.194. The molecule has 0 unspecified atom stereocenters. The number of hydrogen-bond acceptors (Lipinski definition) is 3. The van der Waals surface area contributed by atoms with E-state index in [9.17, 15) is 12.8 Å². The monoisotopic (exact) mass is 273 g/mol. The van der Waals surface area contributed by atoms with Crippen molar-refractivity contribution in [3.05, 3.63) is 29.6 Å². The maximum atomic E-state index is 13.1. The van der Waals surface area contributed by atoms with Gasteiger partial charge < -0.3 is 4.74 Å². The fraction of sp³-hybridized carbons (Fsp3) is 0.500. The molecule has 1 aromatic rings. The first-order chi connectivity index (χ1) is 8.43. The third kappa shape index (κ3) is 2.49. The zero-order chi connectivity index (χ0) is 13.3. The second kappa shape index (κ2) is 4.85. The van der Waals surface area contributed by atoms with Crippen LogP contribution in [0.15, 0.2) is 18.2 Å². The van der Waals surface area contributed by atoms with Gasteiger partial charge in [0.1, 0.15) is 11.6 Å². The summed E-state index contributed by atoms with van der Waals surface area (Å²) in [5, 5.41) is 4.62. The van der Waals surface area contributed by atoms with Crippen LogP contribution in [-0.4, -0.2) is 20.3 Å². The third-order valence-corrected chi connectivity index (χ3v) is 4.84. The number of hydrogen-bond donors (Lipinski definition) is 1. The van der Waals surface area contributed by atoms with E-state index in [0.717, 1.165) is 5.56 Å². The van der Waals surface area contributed by atoms with Crippen LogP contribution in [0.3, 0.4) is 0 Å². The van der Waals surface area contributed by atoms with Gasteiger partial charge in [-0.2, -0.15) is 0 Å². The van der Waals surface area contributed by atoms with Crippen LogP contribution in [0.2, 0.25) is 0 Å². The largest absolute Gasteiger partial charge is 0.493 e. The van der Waals surface area contributed by atoms with Gasteiger partial charge in [-0.1, -0.05) is 13.0 Å². The third-order valence-electron chi connectivity index (χ3n) is 3.33. The van der Waals surface area contributed by atoms with Crippen molar-refractivity contribution in [1.82, 2.24) is 0 Å². The summed E-state index contributed by atoms with van der Waals surface area (Å²) in [7, 11) is -3.62. The Labute approximate surface area is 106 Å². The van der Waals surface area contributed by atoms with Crippen molar-refractivity contribution in [2.75, 3.05) is 6.61 Å². The summed E-state index contributed by atoms with van der Waals surface area (Å²) >= 11 is 0. The smallest absolute Gasteiger partial charge is 0.212 e. The van der Waals surface area contributed by atoms with Gasteiger partial charge in [-0.25, -0.2) is 17.9 Å². The quantitative estimate of drug-likeness (QED) is 0.912. The van der Waals surface area contributed by atoms with Crippen LogP contribution in [0.1, 0.15) is 31.2 Å². The molecule has 0 bridgehead atoms. The minimum atomic E-state index is -3.62. The van der Waals surface area contributed by atoms with Crippen LogP contribution in [0.5, 0.6) is 5.75 Å². The van der Waals surface area contributed by atoms with Crippen molar-refractivity contribution >= 4 is 10.0 Å². The average molecular weight is 273 g/mol. The first-order valence-electron chi connectivity index (χ1n) is 5.87. The normalized spacial score (nSPS) is 20.9. The van der Waals surface area contributed by atoms with E-state index in [0.29, 0.717) is 25.2 Å². The van der Waals surface area contributed by atoms with Gasteiger partial charge in [0.2, 0.25) is 10.0 Å². The molecule has 0 aliphatic carbocycles. The number of halogens is 1. The molecule has 1 aliphatic rings. The molecule has 0 saturated heterocycles. The molecule has 1 aliphatic heterocycles. The fourth-order valence-electron chi connectivity index (χ4n) is 2.52. The molecule has 1 heterocycles. The van der Waals surface area contributed by atoms with E-state index in [1.54, 1.807) is 13.0 Å². The molecule has 0 saturated carbocycles. The number of primary sulfonamides is 1. The molecule has 6 heteroatoms. The van der Waals surface area contributed by atoms with Gasteiger partial charge in [0.05, 0.1) is 11.9 Å². The molecule has 2 atom stereocenters. The topological polar surface area (TPSA) is 69.4 Å². The van der Waals surface area contributed by atoms with Crippen molar-refractivity contribution in [2.45, 2.75) is 30.9 Å². The van der Waals surface area contributed by atoms with E-state index >= 15 is 0 Å². The Balaban J connectivity index is 2.44. The van der Waals surface area contributed by atoms with E-state index < -0.39 is 21.1 Å². The van der Waals surface area contributed by atoms with Crippen LogP contribution in [-0.2, 0) is 10.0 Å². The van der Waals surface area contributed by atoms with Crippen LogP contribution in [0.4, 0.5) is 4.39 Å². The molecule has 0 spiro atoms. The van der Waals surface area contributed by atoms with Crippen molar-refractivity contribution < 1.29 is 17.5 Å². The predicted octanol–water partition coefficient (Wildman–Crippen LogP) is 1.76. The Morgan fingerprint density at radius 1 is 1.56 bits per heavy atom. The Bertz CT molecular complexity index is 544. The van der Waals surface area contributed by atoms with Gasteiger partial charge in [-0.05, 0) is 24.5 Å². The van der Waals surface area contributed by atoms with Gasteiger partial charge in [-0.3, -0.25) is 0 Å². The SMILES string of the molecule is CC[C@H]([C@@H]1CCOc2cc(F)ccc21)S(N)(=O)=O. The molecular formula is C12H16FNO3S. The summed E-state index contributed by atoms with van der Waals surface area (Å²) in [5.41, 5.74) is 0.725. The van der Waals surface area contributed by atoms with Crippen molar-refractivity contribution in [3.8, 4) is 5.75 Å². The van der Waals surface area contributed by atoms with Crippen molar-refractivity contribution in [3.63, 3.8) is 0 Å². The summed E-state index contributed by atoms with van der Waals surface area (Å²) in [6.07, 6.45) is 1.01. The zero-order valence-electron chi connectivity index (χ0n) is 10.1. The highest BCUT2D eigenvalue weighted by Crippen LogP contribution is 2.38. The summed E-state index contributed by atoms with van der Waals surface area (Å²) in [6, 6.07) is 4.19. The average Bonchev–Trinajstić information content (AvgIpc) is 2.27. The van der Waals surface area contributed by atoms with Crippen LogP contribution >= 0.6 is 0 Å². The number of benzene rings is 1. The van der Waals surface area contributed by atoms with E-state index in [4.69, 9.17) is 9.88 Å². The highest BCUT2D eigenvalue weighted by Gasteiger charge is 2.34. The molecule has 0 aromatic heterocycles. The van der Waals surface area contributed by atoms with Crippen molar-refractivity contribution in [1.29, 1.82) is 0 Å². The lowest BCUT2D eigenvalue weighted by atomic mass is 9.89. The molecule has 1 aromatic carbocycles. The molecule has 18 heavy (non-hydrogen) atoms. The predicted molar refractivity (Wildman–Crippen MR) is 66.4 cm³/mol. The highest BCUT2D eigenvalue weighted by atomic mass is 32.2. The molecule has 2 N–H and O–H groups in total. The second-order valence-corrected chi connectivity index (χ2v) is 6.25. The van der Waals surface area contributed by atoms with Crippen LogP contribution in [0.25, 0.3) is 0 Å². The van der Waals surface area contributed by atoms with Crippen LogP contribution in [0, 0.1) is 5.82 Å². The second-order valence-electron chi connectivity index (χ2n) is 4.46. The Morgan fingerprint density at radius 2 is 2.28 bits per heavy atom. The number of nitrogens with two attached hydrogens (primary N) is 1. The minimum absolute atomic E-state index is 0.227. The van der Waals surface area contributed by atoms with Crippen LogP contribution < -0.4 is 9.88 Å².